The van der Waals surface area contributed by atoms with Gasteiger partial charge in [-0.05, 0) is 42.5 Å². The topological polar surface area (TPSA) is 151 Å². The van der Waals surface area contributed by atoms with Gasteiger partial charge in [-0.25, -0.2) is 4.79 Å². The highest BCUT2D eigenvalue weighted by Crippen LogP contribution is 2.58. The molecule has 2 aromatic carbocycles. The van der Waals surface area contributed by atoms with Crippen LogP contribution in [-0.2, 0) is 30.3 Å². The van der Waals surface area contributed by atoms with Gasteiger partial charge in [0, 0.05) is 24.1 Å². The Balaban J connectivity index is 1.85. The summed E-state index contributed by atoms with van der Waals surface area (Å²) in [6.07, 6.45) is -2.34. The maximum atomic E-state index is 12.5. The third-order valence-electron chi connectivity index (χ3n) is 7.55. The Labute approximate surface area is 257 Å². The van der Waals surface area contributed by atoms with Crippen molar-refractivity contribution < 1.29 is 49.2 Å². The molecular weight excluding hydrogens is 625 g/mol. The van der Waals surface area contributed by atoms with Gasteiger partial charge < -0.3 is 14.2 Å². The first-order valence-electron chi connectivity index (χ1n) is 14.2. The van der Waals surface area contributed by atoms with Crippen LogP contribution in [0.5, 0.6) is 5.75 Å². The number of aryl methyl sites for hydroxylation is 1. The lowest BCUT2D eigenvalue weighted by Crippen LogP contribution is -2.49. The molecule has 44 heavy (non-hydrogen) atoms. The number of methoxy groups -OCH3 is 1. The zero-order valence-electron chi connectivity index (χ0n) is 24.8. The second-order valence-electron chi connectivity index (χ2n) is 10.7. The summed E-state index contributed by atoms with van der Waals surface area (Å²) in [5.74, 6) is -4.02. The van der Waals surface area contributed by atoms with E-state index in [-0.39, 0.29) is 24.6 Å². The minimum Gasteiger partial charge on any atom is -0.496 e. The molecule has 0 bridgehead atoms. The van der Waals surface area contributed by atoms with Gasteiger partial charge in [0.25, 0.3) is 0 Å². The number of nitrogens with one attached hydrogen (secondary N) is 2. The highest BCUT2D eigenvalue weighted by molar-refractivity contribution is 8.24. The number of fused-ring (bicyclic) bond motifs is 1. The minimum atomic E-state index is -5.48. The van der Waals surface area contributed by atoms with E-state index >= 15 is 0 Å². The summed E-state index contributed by atoms with van der Waals surface area (Å²) in [6.45, 7) is 3.51. The zero-order valence-corrected chi connectivity index (χ0v) is 26.4. The van der Waals surface area contributed by atoms with Gasteiger partial charge in [-0.2, -0.15) is 32.2 Å². The van der Waals surface area contributed by atoms with Crippen molar-refractivity contribution in [2.45, 2.75) is 75.0 Å². The molecule has 2 atom stereocenters. The van der Waals surface area contributed by atoms with Gasteiger partial charge in [0.2, 0.25) is 5.91 Å². The standard InChI is InChI=1S/C29H39F3N2O8S2/c1-4-6-14-28(5-2)19-43(37,38)24-17-21(23(41-3)18-22(24)26(34-28)20-10-8-7-9-11-20)12-13-25(35)33-15-16-44(39,40)42-27(36)29(30,31)32/h7-11,17-18,26,34,37-38H,4-6,12-16,19H2,1-3H3,(H,33,35)/t26-,28-/m1/s1. The summed E-state index contributed by atoms with van der Waals surface area (Å²) in [5.41, 5.74) is 1.53. The second kappa shape index (κ2) is 14.5. The van der Waals surface area contributed by atoms with Crippen LogP contribution in [-0.4, -0.2) is 66.3 Å². The SMILES string of the molecule is CCCC[C@]1(CC)CS(O)(O)c2cc(CCC(=O)NCCS(=O)(=O)OC(=O)C(F)(F)F)c(OC)cc2[C@@H](c2ccccc2)N1. The molecule has 0 spiro atoms. The largest absolute Gasteiger partial charge is 0.496 e. The molecule has 246 valence electrons. The average molecular weight is 665 g/mol. The molecule has 4 N–H and O–H groups in total. The number of rotatable bonds is 13. The number of carbonyl (C=O) groups is 2. The maximum absolute atomic E-state index is 12.5. The zero-order chi connectivity index (χ0) is 32.8. The molecule has 0 aliphatic carbocycles. The van der Waals surface area contributed by atoms with Crippen molar-refractivity contribution in [1.82, 2.24) is 10.6 Å². The third kappa shape index (κ3) is 9.10. The predicted molar refractivity (Wildman–Crippen MR) is 160 cm³/mol. The summed E-state index contributed by atoms with van der Waals surface area (Å²) in [7, 11) is -6.73. The lowest BCUT2D eigenvalue weighted by molar-refractivity contribution is -0.189. The van der Waals surface area contributed by atoms with Crippen molar-refractivity contribution in [3.8, 4) is 5.75 Å². The molecule has 0 radical (unpaired) electrons. The molecule has 0 unspecified atom stereocenters. The number of carbonyl (C=O) groups excluding carboxylic acids is 2. The fraction of sp³-hybridized carbons (Fsp3) is 0.517. The monoisotopic (exact) mass is 664 g/mol. The van der Waals surface area contributed by atoms with Gasteiger partial charge in [0.1, 0.15) is 11.5 Å². The normalized spacial score (nSPS) is 20.6. The Hall–Kier alpha value is -2.85. The lowest BCUT2D eigenvalue weighted by Gasteiger charge is -2.42. The fourth-order valence-electron chi connectivity index (χ4n) is 5.21. The van der Waals surface area contributed by atoms with E-state index in [1.165, 1.54) is 7.11 Å². The molecule has 0 aromatic heterocycles. The fourth-order valence-corrected chi connectivity index (χ4v) is 8.21. The van der Waals surface area contributed by atoms with Gasteiger partial charge in [0.05, 0.1) is 23.8 Å². The lowest BCUT2D eigenvalue weighted by atomic mass is 9.87. The minimum absolute atomic E-state index is 0.0752. The molecule has 10 nitrogen and oxygen atoms in total. The molecule has 3 rings (SSSR count). The number of benzene rings is 2. The number of ether oxygens (including phenoxy) is 1. The van der Waals surface area contributed by atoms with Crippen LogP contribution in [0.4, 0.5) is 13.2 Å². The molecule has 2 aromatic rings. The van der Waals surface area contributed by atoms with Gasteiger partial charge in [-0.1, -0.05) is 57.0 Å². The molecule has 0 saturated heterocycles. The Morgan fingerprint density at radius 2 is 1.84 bits per heavy atom. The van der Waals surface area contributed by atoms with Crippen molar-refractivity contribution in [3.05, 3.63) is 59.2 Å². The van der Waals surface area contributed by atoms with Crippen LogP contribution in [0.2, 0.25) is 0 Å². The highest BCUT2D eigenvalue weighted by atomic mass is 32.3. The van der Waals surface area contributed by atoms with E-state index in [0.717, 1.165) is 24.8 Å². The molecule has 15 heteroatoms. The molecule has 1 aliphatic rings. The summed E-state index contributed by atoms with van der Waals surface area (Å²) in [4.78, 5) is 23.6. The second-order valence-corrected chi connectivity index (χ2v) is 14.5. The van der Waals surface area contributed by atoms with Gasteiger partial charge in [-0.3, -0.25) is 19.2 Å². The summed E-state index contributed by atoms with van der Waals surface area (Å²) < 4.78 is 92.6. The summed E-state index contributed by atoms with van der Waals surface area (Å²) in [5, 5.41) is 6.04. The molecule has 0 fully saturated rings. The van der Waals surface area contributed by atoms with Crippen LogP contribution in [0, 0.1) is 0 Å². The van der Waals surface area contributed by atoms with Crippen molar-refractivity contribution in [1.29, 1.82) is 0 Å². The van der Waals surface area contributed by atoms with Crippen LogP contribution in [0.1, 0.15) is 68.7 Å². The smallest absolute Gasteiger partial charge is 0.492 e. The summed E-state index contributed by atoms with van der Waals surface area (Å²) in [6, 6.07) is 12.7. The first-order valence-corrected chi connectivity index (χ1v) is 17.4. The van der Waals surface area contributed by atoms with E-state index in [4.69, 9.17) is 4.74 Å². The summed E-state index contributed by atoms with van der Waals surface area (Å²) >= 11 is 0. The Kier molecular flexibility index (Phi) is 11.7. The van der Waals surface area contributed by atoms with Gasteiger partial charge >= 0.3 is 22.3 Å². The average Bonchev–Trinajstić information content (AvgIpc) is 3.05. The van der Waals surface area contributed by atoms with Gasteiger partial charge in [-0.15, -0.1) is 0 Å². The molecule has 1 aliphatic heterocycles. The van der Waals surface area contributed by atoms with Crippen LogP contribution in [0.3, 0.4) is 0 Å². The van der Waals surface area contributed by atoms with Crippen molar-refractivity contribution in [3.63, 3.8) is 0 Å². The number of halogens is 3. The maximum Gasteiger partial charge on any atom is 0.492 e. The van der Waals surface area contributed by atoms with Crippen LogP contribution >= 0.6 is 10.6 Å². The Morgan fingerprint density at radius 3 is 2.43 bits per heavy atom. The number of hydrogen-bond donors (Lipinski definition) is 4. The van der Waals surface area contributed by atoms with E-state index in [0.29, 0.717) is 28.2 Å². The van der Waals surface area contributed by atoms with Crippen molar-refractivity contribution >= 4 is 32.6 Å². The van der Waals surface area contributed by atoms with E-state index in [9.17, 15) is 40.3 Å². The number of unbranched alkanes of at least 4 members (excludes halogenated alkanes) is 1. The first-order chi connectivity index (χ1) is 20.6. The van der Waals surface area contributed by atoms with E-state index < -0.39 is 56.6 Å². The number of amides is 1. The van der Waals surface area contributed by atoms with Gasteiger partial charge in [0.15, 0.2) is 0 Å². The third-order valence-corrected chi connectivity index (χ3v) is 10.7. The number of alkyl halides is 3. The van der Waals surface area contributed by atoms with Crippen LogP contribution in [0.25, 0.3) is 0 Å². The molecule has 0 saturated carbocycles. The Bertz CT molecular complexity index is 1420. The molecular formula is C29H39F3N2O8S2. The van der Waals surface area contributed by atoms with Crippen LogP contribution in [0.15, 0.2) is 47.4 Å². The Morgan fingerprint density at radius 1 is 1.16 bits per heavy atom. The molecule has 1 heterocycles. The van der Waals surface area contributed by atoms with E-state index in [1.54, 1.807) is 12.1 Å². The highest BCUT2D eigenvalue weighted by Gasteiger charge is 2.44. The van der Waals surface area contributed by atoms with Crippen LogP contribution < -0.4 is 15.4 Å². The predicted octanol–water partition coefficient (Wildman–Crippen LogP) is 5.32. The quantitative estimate of drug-likeness (QED) is 0.209. The number of hydrogen-bond acceptors (Lipinski definition) is 9. The van der Waals surface area contributed by atoms with Crippen molar-refractivity contribution in [2.75, 3.05) is 25.2 Å². The molecule has 1 amide bonds. The van der Waals surface area contributed by atoms with E-state index in [1.807, 2.05) is 37.3 Å². The first kappa shape index (κ1) is 35.6. The van der Waals surface area contributed by atoms with Crippen molar-refractivity contribution in [2.24, 2.45) is 0 Å². The van der Waals surface area contributed by atoms with E-state index in [2.05, 4.69) is 21.7 Å².